The van der Waals surface area contributed by atoms with Crippen LogP contribution in [-0.2, 0) is 28.6 Å². The summed E-state index contributed by atoms with van der Waals surface area (Å²) in [6.07, 6.45) is 74.6. The van der Waals surface area contributed by atoms with Gasteiger partial charge in [0.2, 0.25) is 0 Å². The largest absolute Gasteiger partial charge is 0.462 e. The van der Waals surface area contributed by atoms with Crippen LogP contribution in [0.1, 0.15) is 226 Å². The van der Waals surface area contributed by atoms with Crippen molar-refractivity contribution in [2.75, 3.05) is 13.2 Å². The van der Waals surface area contributed by atoms with Crippen molar-refractivity contribution in [2.24, 2.45) is 0 Å². The van der Waals surface area contributed by atoms with Gasteiger partial charge in [0.25, 0.3) is 0 Å². The lowest BCUT2D eigenvalue weighted by Crippen LogP contribution is -2.30. The highest BCUT2D eigenvalue weighted by Gasteiger charge is 2.19. The fourth-order valence-electron chi connectivity index (χ4n) is 6.99. The normalized spacial score (nSPS) is 13.1. The number of ether oxygens (including phenoxy) is 3. The molecular weight excluding hydrogens is 829 g/mol. The number of esters is 3. The van der Waals surface area contributed by atoms with Gasteiger partial charge in [0.15, 0.2) is 6.10 Å². The Hall–Kier alpha value is -4.19. The maximum atomic E-state index is 12.8. The molecule has 0 N–H and O–H groups in total. The molecule has 0 aliphatic carbocycles. The number of unbranched alkanes of at least 4 members (excludes halogenated alkanes) is 16. The Balaban J connectivity index is 4.48. The molecule has 0 rings (SSSR count). The molecule has 0 heterocycles. The number of rotatable bonds is 47. The third-order valence-electron chi connectivity index (χ3n) is 10.9. The minimum Gasteiger partial charge on any atom is -0.462 e. The molecule has 6 nitrogen and oxygen atoms in total. The van der Waals surface area contributed by atoms with Gasteiger partial charge in [-0.2, -0.15) is 0 Å². The summed E-state index contributed by atoms with van der Waals surface area (Å²) in [5.41, 5.74) is 0. The van der Waals surface area contributed by atoms with E-state index in [4.69, 9.17) is 14.2 Å². The third kappa shape index (κ3) is 52.6. The van der Waals surface area contributed by atoms with Crippen LogP contribution in [0.3, 0.4) is 0 Å². The maximum absolute atomic E-state index is 12.8. The predicted octanol–water partition coefficient (Wildman–Crippen LogP) is 18.1. The molecule has 0 amide bonds. The van der Waals surface area contributed by atoms with Gasteiger partial charge in [-0.1, -0.05) is 206 Å². The predicted molar refractivity (Wildman–Crippen MR) is 288 cm³/mol. The third-order valence-corrected chi connectivity index (χ3v) is 10.9. The molecule has 0 aliphatic rings. The van der Waals surface area contributed by atoms with Gasteiger partial charge in [0, 0.05) is 19.3 Å². The van der Waals surface area contributed by atoms with Crippen LogP contribution >= 0.6 is 0 Å². The van der Waals surface area contributed by atoms with Crippen molar-refractivity contribution in [2.45, 2.75) is 232 Å². The SMILES string of the molecule is CC/C=C\C/C=C\C/C=C\C/C=C\CCCCCCCCC(=O)OCC(COC(=O)CCCCCC/C=C\C/C=C\C/C=C\CC)OC(=O)CCCCCCCC/C=C\C/C=C\C/C=C\CC. The van der Waals surface area contributed by atoms with Crippen LogP contribution in [0, 0.1) is 0 Å². The Kier molecular flexibility index (Phi) is 51.0. The highest BCUT2D eigenvalue weighted by molar-refractivity contribution is 5.71. The van der Waals surface area contributed by atoms with Crippen LogP contribution < -0.4 is 0 Å². The molecule has 0 saturated carbocycles. The first-order chi connectivity index (χ1) is 33.0. The minimum absolute atomic E-state index is 0.102. The lowest BCUT2D eigenvalue weighted by molar-refractivity contribution is -0.167. The summed E-state index contributed by atoms with van der Waals surface area (Å²) in [6.45, 7) is 6.25. The van der Waals surface area contributed by atoms with Crippen molar-refractivity contribution in [3.05, 3.63) is 122 Å². The second-order valence-electron chi connectivity index (χ2n) is 17.3. The number of hydrogen-bond acceptors (Lipinski definition) is 6. The van der Waals surface area contributed by atoms with E-state index in [9.17, 15) is 14.4 Å². The summed E-state index contributed by atoms with van der Waals surface area (Å²) < 4.78 is 16.8. The molecule has 0 aromatic heterocycles. The molecule has 0 radical (unpaired) electrons. The standard InChI is InChI=1S/C61H98O6/c1-4-7-10-13-16-19-22-25-28-30-31-32-34-36-39-42-45-48-51-54-60(63)66-57-58(56-65-59(62)53-50-47-44-41-38-35-27-24-21-18-15-12-9-6-3)67-61(64)55-52-49-46-43-40-37-33-29-26-23-20-17-14-11-8-5-2/h7-12,16-21,25-29,31-32,35,58H,4-6,13-15,22-24,30,33-34,36-57H2,1-3H3/b10-7-,11-8-,12-9-,19-16-,20-17-,21-18-,28-25-,29-26-,32-31-,35-27-. The Morgan fingerprint density at radius 2 is 0.537 bits per heavy atom. The van der Waals surface area contributed by atoms with Crippen molar-refractivity contribution < 1.29 is 28.6 Å². The van der Waals surface area contributed by atoms with E-state index < -0.39 is 6.10 Å². The first-order valence-corrected chi connectivity index (χ1v) is 27.0. The smallest absolute Gasteiger partial charge is 0.306 e. The van der Waals surface area contributed by atoms with Crippen LogP contribution in [-0.4, -0.2) is 37.2 Å². The summed E-state index contributed by atoms with van der Waals surface area (Å²) in [6, 6.07) is 0. The number of allylic oxidation sites excluding steroid dienone is 20. The minimum atomic E-state index is -0.804. The van der Waals surface area contributed by atoms with Crippen LogP contribution in [0.4, 0.5) is 0 Å². The van der Waals surface area contributed by atoms with Crippen molar-refractivity contribution in [3.8, 4) is 0 Å². The summed E-state index contributed by atoms with van der Waals surface area (Å²) in [5.74, 6) is -0.955. The molecule has 0 saturated heterocycles. The molecule has 1 unspecified atom stereocenters. The zero-order valence-corrected chi connectivity index (χ0v) is 43.1. The second-order valence-corrected chi connectivity index (χ2v) is 17.3. The molecule has 0 bridgehead atoms. The number of carbonyl (C=O) groups is 3. The van der Waals surface area contributed by atoms with Gasteiger partial charge < -0.3 is 14.2 Å². The van der Waals surface area contributed by atoms with Crippen molar-refractivity contribution in [3.63, 3.8) is 0 Å². The van der Waals surface area contributed by atoms with Crippen LogP contribution in [0.5, 0.6) is 0 Å². The monoisotopic (exact) mass is 927 g/mol. The lowest BCUT2D eigenvalue weighted by atomic mass is 10.1. The molecule has 0 fully saturated rings. The zero-order chi connectivity index (χ0) is 48.6. The number of carbonyl (C=O) groups excluding carboxylic acids is 3. The topological polar surface area (TPSA) is 78.9 Å². The molecular formula is C61H98O6. The molecule has 378 valence electrons. The zero-order valence-electron chi connectivity index (χ0n) is 43.1. The molecule has 0 aromatic carbocycles. The van der Waals surface area contributed by atoms with Crippen molar-refractivity contribution in [1.82, 2.24) is 0 Å². The molecule has 6 heteroatoms. The Labute approximate surface area is 412 Å². The van der Waals surface area contributed by atoms with Gasteiger partial charge in [0.1, 0.15) is 13.2 Å². The van der Waals surface area contributed by atoms with E-state index in [1.165, 1.54) is 25.7 Å². The average molecular weight is 927 g/mol. The van der Waals surface area contributed by atoms with Crippen LogP contribution in [0.2, 0.25) is 0 Å². The molecule has 0 spiro atoms. The van der Waals surface area contributed by atoms with Gasteiger partial charge in [-0.3, -0.25) is 14.4 Å². The van der Waals surface area contributed by atoms with Crippen LogP contribution in [0.15, 0.2) is 122 Å². The van der Waals surface area contributed by atoms with Crippen molar-refractivity contribution >= 4 is 17.9 Å². The quantitative estimate of drug-likeness (QED) is 0.0262. The lowest BCUT2D eigenvalue weighted by Gasteiger charge is -2.18. The highest BCUT2D eigenvalue weighted by Crippen LogP contribution is 2.13. The van der Waals surface area contributed by atoms with E-state index in [1.807, 2.05) is 0 Å². The van der Waals surface area contributed by atoms with E-state index in [1.54, 1.807) is 0 Å². The van der Waals surface area contributed by atoms with Crippen LogP contribution in [0.25, 0.3) is 0 Å². The van der Waals surface area contributed by atoms with Gasteiger partial charge in [-0.05, 0) is 122 Å². The Morgan fingerprint density at radius 1 is 0.299 bits per heavy atom. The van der Waals surface area contributed by atoms with E-state index in [-0.39, 0.29) is 31.1 Å². The highest BCUT2D eigenvalue weighted by atomic mass is 16.6. The summed E-state index contributed by atoms with van der Waals surface area (Å²) in [7, 11) is 0. The molecule has 1 atom stereocenters. The molecule has 0 aromatic rings. The van der Waals surface area contributed by atoms with Crippen molar-refractivity contribution in [1.29, 1.82) is 0 Å². The maximum Gasteiger partial charge on any atom is 0.306 e. The summed E-state index contributed by atoms with van der Waals surface area (Å²) in [5, 5.41) is 0. The number of hydrogen-bond donors (Lipinski definition) is 0. The molecule has 0 aliphatic heterocycles. The van der Waals surface area contributed by atoms with Gasteiger partial charge in [-0.25, -0.2) is 0 Å². The van der Waals surface area contributed by atoms with E-state index >= 15 is 0 Å². The first kappa shape index (κ1) is 62.8. The second kappa shape index (κ2) is 54.4. The average Bonchev–Trinajstić information content (AvgIpc) is 3.33. The van der Waals surface area contributed by atoms with Gasteiger partial charge in [0.05, 0.1) is 0 Å². The summed E-state index contributed by atoms with van der Waals surface area (Å²) >= 11 is 0. The Bertz CT molecular complexity index is 1440. The van der Waals surface area contributed by atoms with E-state index in [0.717, 1.165) is 161 Å². The van der Waals surface area contributed by atoms with E-state index in [0.29, 0.717) is 19.3 Å². The fraction of sp³-hybridized carbons (Fsp3) is 0.623. The fourth-order valence-corrected chi connectivity index (χ4v) is 6.99. The van der Waals surface area contributed by atoms with Gasteiger partial charge in [-0.15, -0.1) is 0 Å². The van der Waals surface area contributed by atoms with E-state index in [2.05, 4.69) is 142 Å². The van der Waals surface area contributed by atoms with Gasteiger partial charge >= 0.3 is 17.9 Å². The Morgan fingerprint density at radius 3 is 0.836 bits per heavy atom. The first-order valence-electron chi connectivity index (χ1n) is 27.0. The summed E-state index contributed by atoms with van der Waals surface area (Å²) in [4.78, 5) is 38.1. The molecule has 67 heavy (non-hydrogen) atoms.